The largest absolute Gasteiger partial charge is 0.466 e. The fraction of sp³-hybridized carbons (Fsp3) is 0.562. The summed E-state index contributed by atoms with van der Waals surface area (Å²) in [6, 6.07) is 1.77. The Kier molecular flexibility index (Phi) is 4.21. The van der Waals surface area contributed by atoms with Crippen molar-refractivity contribution < 1.29 is 18.4 Å². The molecule has 124 valence electrons. The lowest BCUT2D eigenvalue weighted by Crippen LogP contribution is -2.42. The number of carbonyl (C=O) groups excluding carboxylic acids is 1. The minimum Gasteiger partial charge on any atom is -0.466 e. The summed E-state index contributed by atoms with van der Waals surface area (Å²) in [6.45, 7) is 8.96. The van der Waals surface area contributed by atoms with Gasteiger partial charge in [0.15, 0.2) is 6.10 Å². The molecule has 1 saturated heterocycles. The van der Waals surface area contributed by atoms with Gasteiger partial charge in [-0.25, -0.2) is 0 Å². The van der Waals surface area contributed by atoms with Crippen molar-refractivity contribution >= 4 is 5.91 Å². The number of rotatable bonds is 3. The molecule has 0 saturated carbocycles. The van der Waals surface area contributed by atoms with Crippen molar-refractivity contribution in [3.05, 3.63) is 34.9 Å². The zero-order valence-electron chi connectivity index (χ0n) is 13.8. The number of aromatic nitrogens is 2. The van der Waals surface area contributed by atoms with Gasteiger partial charge in [-0.05, 0) is 19.9 Å². The summed E-state index contributed by atoms with van der Waals surface area (Å²) in [6.07, 6.45) is -0.388. The molecule has 0 aliphatic carbocycles. The van der Waals surface area contributed by atoms with Gasteiger partial charge in [0, 0.05) is 12.5 Å². The summed E-state index contributed by atoms with van der Waals surface area (Å²) in [5, 5.41) is 8.07. The van der Waals surface area contributed by atoms with Crippen LogP contribution in [0.1, 0.15) is 59.5 Å². The highest BCUT2D eigenvalue weighted by atomic mass is 16.5. The quantitative estimate of drug-likeness (QED) is 0.865. The fourth-order valence-electron chi connectivity index (χ4n) is 2.61. The predicted octanol–water partition coefficient (Wildman–Crippen LogP) is 2.62. The Bertz CT molecular complexity index is 704. The normalized spacial score (nSPS) is 18.7. The van der Waals surface area contributed by atoms with Gasteiger partial charge in [0.1, 0.15) is 11.5 Å². The average molecular weight is 319 g/mol. The molecule has 0 radical (unpaired) electrons. The Morgan fingerprint density at radius 1 is 1.30 bits per heavy atom. The van der Waals surface area contributed by atoms with Gasteiger partial charge in [-0.2, -0.15) is 0 Å². The van der Waals surface area contributed by atoms with Gasteiger partial charge in [-0.15, -0.1) is 10.2 Å². The molecule has 1 amide bonds. The van der Waals surface area contributed by atoms with E-state index < -0.39 is 0 Å². The van der Waals surface area contributed by atoms with E-state index in [4.69, 9.17) is 13.6 Å². The maximum absolute atomic E-state index is 12.7. The number of carbonyl (C=O) groups is 1. The first-order valence-corrected chi connectivity index (χ1v) is 7.77. The minimum absolute atomic E-state index is 0.0590. The van der Waals surface area contributed by atoms with E-state index in [9.17, 15) is 4.79 Å². The molecule has 3 heterocycles. The van der Waals surface area contributed by atoms with Gasteiger partial charge >= 0.3 is 0 Å². The van der Waals surface area contributed by atoms with Crippen LogP contribution >= 0.6 is 0 Å². The summed E-state index contributed by atoms with van der Waals surface area (Å²) in [5.41, 5.74) is 0.594. The van der Waals surface area contributed by atoms with E-state index in [1.54, 1.807) is 17.9 Å². The topological polar surface area (TPSA) is 81.6 Å². The van der Waals surface area contributed by atoms with E-state index >= 15 is 0 Å². The molecule has 1 unspecified atom stereocenters. The molecule has 0 aromatic carbocycles. The zero-order valence-corrected chi connectivity index (χ0v) is 13.8. The average Bonchev–Trinajstić information content (AvgIpc) is 3.13. The Labute approximate surface area is 134 Å². The molecule has 2 aromatic rings. The summed E-state index contributed by atoms with van der Waals surface area (Å²) >= 11 is 0. The van der Waals surface area contributed by atoms with Crippen molar-refractivity contribution in [3.8, 4) is 0 Å². The molecule has 0 N–H and O–H groups in total. The molecule has 1 aliphatic heterocycles. The van der Waals surface area contributed by atoms with Gasteiger partial charge in [-0.1, -0.05) is 13.8 Å². The monoisotopic (exact) mass is 319 g/mol. The van der Waals surface area contributed by atoms with Crippen LogP contribution in [0.4, 0.5) is 0 Å². The Hall–Kier alpha value is -2.15. The number of nitrogens with zero attached hydrogens (tertiary/aromatic N) is 3. The van der Waals surface area contributed by atoms with Crippen molar-refractivity contribution in [2.45, 2.75) is 39.7 Å². The Morgan fingerprint density at radius 3 is 2.70 bits per heavy atom. The molecule has 1 atom stereocenters. The first kappa shape index (κ1) is 15.7. The molecule has 3 rings (SSSR count). The summed E-state index contributed by atoms with van der Waals surface area (Å²) in [7, 11) is 0. The van der Waals surface area contributed by atoms with Crippen LogP contribution in [0, 0.1) is 13.8 Å². The predicted molar refractivity (Wildman–Crippen MR) is 81.2 cm³/mol. The van der Waals surface area contributed by atoms with E-state index in [0.717, 1.165) is 5.76 Å². The number of hydrogen-bond acceptors (Lipinski definition) is 6. The number of amides is 1. The van der Waals surface area contributed by atoms with Gasteiger partial charge in [-0.3, -0.25) is 4.79 Å². The van der Waals surface area contributed by atoms with Crippen LogP contribution in [0.25, 0.3) is 0 Å². The number of furan rings is 1. The minimum atomic E-state index is -0.388. The molecule has 23 heavy (non-hydrogen) atoms. The number of hydrogen-bond donors (Lipinski definition) is 0. The van der Waals surface area contributed by atoms with Crippen LogP contribution in [0.15, 0.2) is 14.9 Å². The lowest BCUT2D eigenvalue weighted by atomic mass is 10.2. The first-order valence-electron chi connectivity index (χ1n) is 7.77. The highest BCUT2D eigenvalue weighted by molar-refractivity contribution is 5.95. The molecule has 7 nitrogen and oxygen atoms in total. The standard InChI is InChI=1S/C16H21N3O4/c1-9(2)14-17-18-15(23-14)13-8-19(5-6-21-13)16(20)12-7-10(3)22-11(12)4/h7,9,13H,5-6,8H2,1-4H3. The number of ether oxygens (including phenoxy) is 1. The van der Waals surface area contributed by atoms with E-state index in [1.165, 1.54) is 0 Å². The van der Waals surface area contributed by atoms with Gasteiger partial charge in [0.2, 0.25) is 11.8 Å². The molecule has 1 aliphatic rings. The lowest BCUT2D eigenvalue weighted by molar-refractivity contribution is -0.0351. The first-order chi connectivity index (χ1) is 11.0. The highest BCUT2D eigenvalue weighted by Crippen LogP contribution is 2.25. The van der Waals surface area contributed by atoms with Crippen molar-refractivity contribution in [2.75, 3.05) is 19.7 Å². The Morgan fingerprint density at radius 2 is 2.09 bits per heavy atom. The van der Waals surface area contributed by atoms with Crippen LogP contribution in [-0.2, 0) is 4.74 Å². The van der Waals surface area contributed by atoms with Gasteiger partial charge < -0.3 is 18.5 Å². The van der Waals surface area contributed by atoms with E-state index in [0.29, 0.717) is 42.8 Å². The maximum atomic E-state index is 12.7. The lowest BCUT2D eigenvalue weighted by Gasteiger charge is -2.31. The van der Waals surface area contributed by atoms with Crippen molar-refractivity contribution in [3.63, 3.8) is 0 Å². The highest BCUT2D eigenvalue weighted by Gasteiger charge is 2.31. The molecular formula is C16H21N3O4. The molecule has 0 bridgehead atoms. The molecule has 0 spiro atoms. The van der Waals surface area contributed by atoms with Crippen LogP contribution in [0.5, 0.6) is 0 Å². The van der Waals surface area contributed by atoms with E-state index in [2.05, 4.69) is 10.2 Å². The van der Waals surface area contributed by atoms with Crippen LogP contribution < -0.4 is 0 Å². The van der Waals surface area contributed by atoms with Crippen LogP contribution in [0.2, 0.25) is 0 Å². The third kappa shape index (κ3) is 3.14. The second-order valence-corrected chi connectivity index (χ2v) is 6.07. The second kappa shape index (κ2) is 6.16. The maximum Gasteiger partial charge on any atom is 0.257 e. The van der Waals surface area contributed by atoms with Gasteiger partial charge in [0.05, 0.1) is 18.7 Å². The number of morpholine rings is 1. The zero-order chi connectivity index (χ0) is 16.6. The molecule has 2 aromatic heterocycles. The summed E-state index contributed by atoms with van der Waals surface area (Å²) < 4.78 is 16.8. The molecule has 7 heteroatoms. The third-order valence-corrected chi connectivity index (χ3v) is 3.85. The van der Waals surface area contributed by atoms with Crippen molar-refractivity contribution in [2.24, 2.45) is 0 Å². The summed E-state index contributed by atoms with van der Waals surface area (Å²) in [5.74, 6) is 2.47. The van der Waals surface area contributed by atoms with E-state index in [1.807, 2.05) is 20.8 Å². The SMILES string of the molecule is Cc1cc(C(=O)N2CCOC(c3nnc(C(C)C)o3)C2)c(C)o1. The van der Waals surface area contributed by atoms with Gasteiger partial charge in [0.25, 0.3) is 5.91 Å². The Balaban J connectivity index is 1.75. The second-order valence-electron chi connectivity index (χ2n) is 6.07. The smallest absolute Gasteiger partial charge is 0.257 e. The van der Waals surface area contributed by atoms with Crippen LogP contribution in [0.3, 0.4) is 0 Å². The molecular weight excluding hydrogens is 298 g/mol. The molecule has 1 fully saturated rings. The van der Waals surface area contributed by atoms with Crippen LogP contribution in [-0.4, -0.2) is 40.7 Å². The fourth-order valence-corrected chi connectivity index (χ4v) is 2.61. The number of aryl methyl sites for hydroxylation is 2. The summed E-state index contributed by atoms with van der Waals surface area (Å²) in [4.78, 5) is 14.4. The van der Waals surface area contributed by atoms with E-state index in [-0.39, 0.29) is 17.9 Å². The third-order valence-electron chi connectivity index (χ3n) is 3.85. The van der Waals surface area contributed by atoms with Crippen molar-refractivity contribution in [1.82, 2.24) is 15.1 Å². The van der Waals surface area contributed by atoms with Crippen molar-refractivity contribution in [1.29, 1.82) is 0 Å².